The van der Waals surface area contributed by atoms with E-state index in [0.717, 1.165) is 17.7 Å². The molecule has 0 fully saturated rings. The lowest BCUT2D eigenvalue weighted by molar-refractivity contribution is 0.249. The van der Waals surface area contributed by atoms with Crippen LogP contribution >= 0.6 is 0 Å². The van der Waals surface area contributed by atoms with Crippen LogP contribution in [0.2, 0.25) is 0 Å². The van der Waals surface area contributed by atoms with Crippen molar-refractivity contribution in [3.05, 3.63) is 36.5 Å². The van der Waals surface area contributed by atoms with Crippen LogP contribution in [0, 0.1) is 0 Å². The molecule has 1 atom stereocenters. The first-order valence-electron chi connectivity index (χ1n) is 8.07. The van der Waals surface area contributed by atoms with Gasteiger partial charge in [-0.3, -0.25) is 4.68 Å². The van der Waals surface area contributed by atoms with Gasteiger partial charge in [-0.1, -0.05) is 24.2 Å². The minimum absolute atomic E-state index is 0.113. The summed E-state index contributed by atoms with van der Waals surface area (Å²) in [5.41, 5.74) is 2.14. The van der Waals surface area contributed by atoms with Crippen molar-refractivity contribution in [2.75, 3.05) is 5.32 Å². The van der Waals surface area contributed by atoms with E-state index in [0.29, 0.717) is 17.4 Å². The normalized spacial score (nSPS) is 12.0. The van der Waals surface area contributed by atoms with Crippen LogP contribution in [0.4, 0.5) is 10.5 Å². The molecule has 0 aliphatic rings. The third-order valence-electron chi connectivity index (χ3n) is 3.83. The quantitative estimate of drug-likeness (QED) is 0.744. The highest BCUT2D eigenvalue weighted by Crippen LogP contribution is 2.23. The van der Waals surface area contributed by atoms with Crippen molar-refractivity contribution in [1.82, 2.24) is 25.2 Å². The maximum Gasteiger partial charge on any atom is 0.319 e. The molecule has 2 N–H and O–H groups in total. The van der Waals surface area contributed by atoms with Crippen LogP contribution in [-0.4, -0.2) is 32.0 Å². The number of rotatable bonds is 5. The molecule has 25 heavy (non-hydrogen) atoms. The monoisotopic (exact) mass is 340 g/mol. The molecule has 1 aromatic carbocycles. The first-order chi connectivity index (χ1) is 12.1. The Labute approximate surface area is 145 Å². The molecule has 8 nitrogen and oxygen atoms in total. The van der Waals surface area contributed by atoms with E-state index >= 15 is 0 Å². The van der Waals surface area contributed by atoms with E-state index in [2.05, 4.69) is 25.9 Å². The minimum Gasteiger partial charge on any atom is -0.335 e. The first-order valence-corrected chi connectivity index (χ1v) is 8.07. The van der Waals surface area contributed by atoms with Gasteiger partial charge in [0.15, 0.2) is 0 Å². The van der Waals surface area contributed by atoms with Crippen LogP contribution in [0.15, 0.2) is 41.1 Å². The Morgan fingerprint density at radius 3 is 2.92 bits per heavy atom. The van der Waals surface area contributed by atoms with Crippen molar-refractivity contribution in [2.24, 2.45) is 7.05 Å². The highest BCUT2D eigenvalue weighted by Gasteiger charge is 2.14. The van der Waals surface area contributed by atoms with Crippen LogP contribution < -0.4 is 10.6 Å². The summed E-state index contributed by atoms with van der Waals surface area (Å²) < 4.78 is 6.97. The van der Waals surface area contributed by atoms with Crippen molar-refractivity contribution in [3.8, 4) is 23.0 Å². The van der Waals surface area contributed by atoms with Gasteiger partial charge in [-0.15, -0.1) is 0 Å². The number of aryl methyl sites for hydroxylation is 1. The number of hydrogen-bond acceptors (Lipinski definition) is 5. The molecular formula is C17H20N6O2. The number of amides is 2. The van der Waals surface area contributed by atoms with Gasteiger partial charge in [0.2, 0.25) is 5.82 Å². The SMILES string of the molecule is CC[C@H](C)NC(=O)Nc1cccc(-c2noc(-c3ccnn3C)n2)c1. The summed E-state index contributed by atoms with van der Waals surface area (Å²) in [7, 11) is 1.81. The molecule has 0 bridgehead atoms. The Kier molecular flexibility index (Phi) is 4.78. The van der Waals surface area contributed by atoms with Gasteiger partial charge in [0.1, 0.15) is 5.69 Å². The molecule has 2 amide bonds. The van der Waals surface area contributed by atoms with Gasteiger partial charge in [0.05, 0.1) is 0 Å². The third kappa shape index (κ3) is 3.85. The maximum atomic E-state index is 11.9. The van der Waals surface area contributed by atoms with Crippen molar-refractivity contribution in [2.45, 2.75) is 26.3 Å². The largest absolute Gasteiger partial charge is 0.335 e. The van der Waals surface area contributed by atoms with E-state index in [1.165, 1.54) is 0 Å². The topological polar surface area (TPSA) is 97.9 Å². The van der Waals surface area contributed by atoms with Gasteiger partial charge in [-0.05, 0) is 31.5 Å². The van der Waals surface area contributed by atoms with E-state index in [9.17, 15) is 4.79 Å². The average molecular weight is 340 g/mol. The maximum absolute atomic E-state index is 11.9. The zero-order chi connectivity index (χ0) is 17.8. The Bertz CT molecular complexity index is 869. The molecule has 3 rings (SSSR count). The third-order valence-corrected chi connectivity index (χ3v) is 3.83. The zero-order valence-electron chi connectivity index (χ0n) is 14.4. The van der Waals surface area contributed by atoms with Gasteiger partial charge >= 0.3 is 6.03 Å². The average Bonchev–Trinajstić information content (AvgIpc) is 3.23. The van der Waals surface area contributed by atoms with Crippen molar-refractivity contribution in [3.63, 3.8) is 0 Å². The molecule has 0 unspecified atom stereocenters. The highest BCUT2D eigenvalue weighted by molar-refractivity contribution is 5.90. The number of carbonyl (C=O) groups excluding carboxylic acids is 1. The summed E-state index contributed by atoms with van der Waals surface area (Å²) in [6.45, 7) is 3.97. The Hall–Kier alpha value is -3.16. The van der Waals surface area contributed by atoms with Crippen molar-refractivity contribution < 1.29 is 9.32 Å². The van der Waals surface area contributed by atoms with Crippen LogP contribution in [0.25, 0.3) is 23.0 Å². The molecule has 0 saturated carbocycles. The molecular weight excluding hydrogens is 320 g/mol. The van der Waals surface area contributed by atoms with Crippen LogP contribution in [0.5, 0.6) is 0 Å². The summed E-state index contributed by atoms with van der Waals surface area (Å²) >= 11 is 0. The van der Waals surface area contributed by atoms with Gasteiger partial charge < -0.3 is 15.2 Å². The minimum atomic E-state index is -0.241. The highest BCUT2D eigenvalue weighted by atomic mass is 16.5. The van der Waals surface area contributed by atoms with Crippen molar-refractivity contribution in [1.29, 1.82) is 0 Å². The Morgan fingerprint density at radius 1 is 1.36 bits per heavy atom. The van der Waals surface area contributed by atoms with E-state index in [1.807, 2.05) is 32.0 Å². The summed E-state index contributed by atoms with van der Waals surface area (Å²) in [4.78, 5) is 16.3. The number of benzene rings is 1. The number of nitrogens with one attached hydrogen (secondary N) is 2. The Balaban J connectivity index is 1.77. The molecule has 0 spiro atoms. The molecule has 0 aliphatic heterocycles. The summed E-state index contributed by atoms with van der Waals surface area (Å²) in [6.07, 6.45) is 2.53. The van der Waals surface area contributed by atoms with E-state index in [1.54, 1.807) is 30.1 Å². The summed E-state index contributed by atoms with van der Waals surface area (Å²) in [5.74, 6) is 0.838. The predicted octanol–water partition coefficient (Wildman–Crippen LogP) is 3.06. The molecule has 2 aromatic heterocycles. The number of anilines is 1. The fourth-order valence-electron chi connectivity index (χ4n) is 2.26. The van der Waals surface area contributed by atoms with Crippen LogP contribution in [0.3, 0.4) is 0 Å². The lowest BCUT2D eigenvalue weighted by Crippen LogP contribution is -2.35. The summed E-state index contributed by atoms with van der Waals surface area (Å²) in [5, 5.41) is 13.8. The summed E-state index contributed by atoms with van der Waals surface area (Å²) in [6, 6.07) is 8.96. The molecule has 0 saturated heterocycles. The fourth-order valence-corrected chi connectivity index (χ4v) is 2.26. The molecule has 2 heterocycles. The number of aromatic nitrogens is 4. The van der Waals surface area contributed by atoms with E-state index < -0.39 is 0 Å². The number of urea groups is 1. The van der Waals surface area contributed by atoms with Gasteiger partial charge in [-0.2, -0.15) is 10.1 Å². The van der Waals surface area contributed by atoms with Gasteiger partial charge in [-0.25, -0.2) is 4.79 Å². The molecule has 0 aliphatic carbocycles. The number of carbonyl (C=O) groups is 1. The van der Waals surface area contributed by atoms with E-state index in [-0.39, 0.29) is 12.1 Å². The van der Waals surface area contributed by atoms with Crippen LogP contribution in [-0.2, 0) is 7.05 Å². The fraction of sp³-hybridized carbons (Fsp3) is 0.294. The first kappa shape index (κ1) is 16.7. The lowest BCUT2D eigenvalue weighted by atomic mass is 10.2. The lowest BCUT2D eigenvalue weighted by Gasteiger charge is -2.12. The second kappa shape index (κ2) is 7.16. The molecule has 130 valence electrons. The smallest absolute Gasteiger partial charge is 0.319 e. The van der Waals surface area contributed by atoms with Gasteiger partial charge in [0, 0.05) is 30.5 Å². The molecule has 3 aromatic rings. The van der Waals surface area contributed by atoms with Crippen LogP contribution in [0.1, 0.15) is 20.3 Å². The standard InChI is InChI=1S/C17H20N6O2/c1-4-11(2)19-17(24)20-13-7-5-6-12(10-13)15-21-16(25-22-15)14-8-9-18-23(14)3/h5-11H,4H2,1-3H3,(H2,19,20,24)/t11-/m0/s1. The second-order valence-electron chi connectivity index (χ2n) is 5.75. The predicted molar refractivity (Wildman–Crippen MR) is 93.8 cm³/mol. The number of hydrogen-bond donors (Lipinski definition) is 2. The molecule has 0 radical (unpaired) electrons. The zero-order valence-corrected chi connectivity index (χ0v) is 14.4. The van der Waals surface area contributed by atoms with E-state index in [4.69, 9.17) is 4.52 Å². The van der Waals surface area contributed by atoms with Gasteiger partial charge in [0.25, 0.3) is 5.89 Å². The number of nitrogens with zero attached hydrogens (tertiary/aromatic N) is 4. The second-order valence-corrected chi connectivity index (χ2v) is 5.75. The Morgan fingerprint density at radius 2 is 2.20 bits per heavy atom. The van der Waals surface area contributed by atoms with Crippen molar-refractivity contribution >= 4 is 11.7 Å². The molecule has 8 heteroatoms.